The molecule has 0 radical (unpaired) electrons. The van der Waals surface area contributed by atoms with Gasteiger partial charge in [0.15, 0.2) is 18.9 Å². The first-order chi connectivity index (χ1) is 38.4. The molecule has 0 aromatic heterocycles. The standard InChI is InChI=1S/C55H104N4O21/c1-36(2)59-55(34-73-28-19-44(64)57-22-16-25-76-53-38(4)47(67)50(70)41(31-61)79-53,35-74-29-20-45(65)58-23-17-26-77-54-39(5)48(68)51(71)42(32-62)80-54)33-72-27-18-43(63)56-21-14-12-10-8-6-7-9-11-13-15-24-75-52-37(3)46(66)49(69)40(30-60)78-52/h36-42,46-54,59-62,66-71H,6-35H2,1-5H3,(H,56,63)(H,57,64)(H,58,65). The van der Waals surface area contributed by atoms with Crippen LogP contribution in [-0.2, 0) is 57.0 Å². The highest BCUT2D eigenvalue weighted by molar-refractivity contribution is 5.76. The number of rotatable bonds is 44. The Morgan fingerprint density at radius 2 is 0.713 bits per heavy atom. The van der Waals surface area contributed by atoms with Crippen molar-refractivity contribution in [2.24, 2.45) is 17.8 Å². The van der Waals surface area contributed by atoms with Gasteiger partial charge in [0.1, 0.15) is 36.6 Å². The van der Waals surface area contributed by atoms with E-state index in [-0.39, 0.29) is 102 Å². The van der Waals surface area contributed by atoms with E-state index in [2.05, 4.69) is 21.3 Å². The second-order valence-electron chi connectivity index (χ2n) is 22.1. The van der Waals surface area contributed by atoms with Gasteiger partial charge in [0.25, 0.3) is 0 Å². The number of nitrogens with one attached hydrogen (secondary N) is 4. The van der Waals surface area contributed by atoms with Crippen molar-refractivity contribution in [3.63, 3.8) is 0 Å². The molecule has 0 aromatic carbocycles. The first-order valence-corrected chi connectivity index (χ1v) is 29.4. The van der Waals surface area contributed by atoms with Gasteiger partial charge in [-0.25, -0.2) is 0 Å². The van der Waals surface area contributed by atoms with Gasteiger partial charge in [0, 0.05) is 69.3 Å². The average molecular weight is 1160 g/mol. The van der Waals surface area contributed by atoms with Gasteiger partial charge in [-0.2, -0.15) is 0 Å². The van der Waals surface area contributed by atoms with Crippen LogP contribution in [-0.4, -0.2) is 248 Å². The maximum absolute atomic E-state index is 12.8. The van der Waals surface area contributed by atoms with E-state index in [9.17, 15) is 60.3 Å². The molecule has 15 atom stereocenters. The molecule has 470 valence electrons. The summed E-state index contributed by atoms with van der Waals surface area (Å²) in [6, 6.07) is -0.0551. The van der Waals surface area contributed by atoms with Gasteiger partial charge in [-0.15, -0.1) is 0 Å². The van der Waals surface area contributed by atoms with Gasteiger partial charge in [-0.1, -0.05) is 86.0 Å². The summed E-state index contributed by atoms with van der Waals surface area (Å²) in [4.78, 5) is 38.3. The molecule has 3 aliphatic heterocycles. The van der Waals surface area contributed by atoms with Crippen LogP contribution in [0.5, 0.6) is 0 Å². The summed E-state index contributed by atoms with van der Waals surface area (Å²) in [5.74, 6) is -2.05. The van der Waals surface area contributed by atoms with E-state index in [4.69, 9.17) is 42.6 Å². The van der Waals surface area contributed by atoms with Crippen molar-refractivity contribution in [1.82, 2.24) is 21.3 Å². The molecule has 15 unspecified atom stereocenters. The normalized spacial score (nSPS) is 29.8. The summed E-state index contributed by atoms with van der Waals surface area (Å²) in [7, 11) is 0. The molecule has 3 amide bonds. The fourth-order valence-corrected chi connectivity index (χ4v) is 9.72. The fraction of sp³-hybridized carbons (Fsp3) is 0.945. The number of hydrogen-bond acceptors (Lipinski definition) is 22. The third-order valence-electron chi connectivity index (χ3n) is 14.7. The van der Waals surface area contributed by atoms with Crippen molar-refractivity contribution in [2.75, 3.05) is 98.9 Å². The van der Waals surface area contributed by atoms with Gasteiger partial charge in [-0.05, 0) is 25.7 Å². The smallest absolute Gasteiger partial charge is 0.222 e. The lowest BCUT2D eigenvalue weighted by atomic mass is 9.92. The first-order valence-electron chi connectivity index (χ1n) is 29.4. The van der Waals surface area contributed by atoms with Gasteiger partial charge in [0.2, 0.25) is 17.7 Å². The number of carbonyl (C=O) groups excluding carboxylic acids is 3. The largest absolute Gasteiger partial charge is 0.394 e. The zero-order valence-corrected chi connectivity index (χ0v) is 48.4. The van der Waals surface area contributed by atoms with Gasteiger partial charge < -0.3 is 110 Å². The van der Waals surface area contributed by atoms with E-state index in [0.717, 1.165) is 64.2 Å². The highest BCUT2D eigenvalue weighted by Gasteiger charge is 2.45. The number of carbonyl (C=O) groups is 3. The van der Waals surface area contributed by atoms with Crippen LogP contribution < -0.4 is 21.3 Å². The van der Waals surface area contributed by atoms with Crippen LogP contribution >= 0.6 is 0 Å². The maximum atomic E-state index is 12.8. The van der Waals surface area contributed by atoms with E-state index < -0.39 is 110 Å². The van der Waals surface area contributed by atoms with Gasteiger partial charge in [0.05, 0.1) is 96.5 Å². The number of amides is 3. The molecule has 13 N–H and O–H groups in total. The Hall–Kier alpha value is -2.35. The molecule has 0 aromatic rings. The molecular weight excluding hydrogens is 1050 g/mol. The second-order valence-corrected chi connectivity index (χ2v) is 22.1. The lowest BCUT2D eigenvalue weighted by molar-refractivity contribution is -0.282. The number of aliphatic hydroxyl groups is 9. The average Bonchev–Trinajstić information content (AvgIpc) is 3.44. The number of hydrogen-bond donors (Lipinski definition) is 13. The molecule has 3 fully saturated rings. The van der Waals surface area contributed by atoms with Crippen molar-refractivity contribution in [3.8, 4) is 0 Å². The molecule has 3 aliphatic rings. The summed E-state index contributed by atoms with van der Waals surface area (Å²) < 4.78 is 52.3. The molecule has 0 saturated carbocycles. The Balaban J connectivity index is 1.35. The van der Waals surface area contributed by atoms with Crippen LogP contribution in [0.3, 0.4) is 0 Å². The molecule has 25 heteroatoms. The fourth-order valence-electron chi connectivity index (χ4n) is 9.72. The number of unbranched alkanes of at least 4 members (excludes halogenated alkanes) is 9. The molecule has 0 bridgehead atoms. The Kier molecular flexibility index (Phi) is 36.7. The molecule has 25 nitrogen and oxygen atoms in total. The molecule has 3 saturated heterocycles. The lowest BCUT2D eigenvalue weighted by Crippen LogP contribution is -2.59. The quantitative estimate of drug-likeness (QED) is 0.0334. The maximum Gasteiger partial charge on any atom is 0.222 e. The Labute approximate surface area is 473 Å². The van der Waals surface area contributed by atoms with Crippen LogP contribution in [0.4, 0.5) is 0 Å². The Bertz CT molecular complexity index is 1570. The lowest BCUT2D eigenvalue weighted by Gasteiger charge is -2.40. The predicted molar refractivity (Wildman–Crippen MR) is 290 cm³/mol. The highest BCUT2D eigenvalue weighted by atomic mass is 16.7. The molecule has 0 aliphatic carbocycles. The third kappa shape index (κ3) is 26.7. The van der Waals surface area contributed by atoms with Crippen molar-refractivity contribution < 1.29 is 103 Å². The molecular formula is C55H104N4O21. The summed E-state index contributed by atoms with van der Waals surface area (Å²) in [6.45, 7) is 10.3. The Morgan fingerprint density at radius 3 is 1.02 bits per heavy atom. The molecule has 3 heterocycles. The van der Waals surface area contributed by atoms with E-state index in [1.807, 2.05) is 13.8 Å². The predicted octanol–water partition coefficient (Wildman–Crippen LogP) is -0.752. The monoisotopic (exact) mass is 1160 g/mol. The molecule has 3 rings (SSSR count). The second kappa shape index (κ2) is 40.8. The summed E-state index contributed by atoms with van der Waals surface area (Å²) >= 11 is 0. The van der Waals surface area contributed by atoms with Crippen molar-refractivity contribution in [3.05, 3.63) is 0 Å². The van der Waals surface area contributed by atoms with Crippen LogP contribution in [0.25, 0.3) is 0 Å². The first kappa shape index (κ1) is 71.9. The van der Waals surface area contributed by atoms with Crippen LogP contribution in [0.2, 0.25) is 0 Å². The summed E-state index contributed by atoms with van der Waals surface area (Å²) in [5, 5.41) is 101. The van der Waals surface area contributed by atoms with Crippen LogP contribution in [0.15, 0.2) is 0 Å². The van der Waals surface area contributed by atoms with Crippen molar-refractivity contribution in [1.29, 1.82) is 0 Å². The topological polar surface area (TPSA) is 364 Å². The van der Waals surface area contributed by atoms with Crippen LogP contribution in [0.1, 0.15) is 131 Å². The zero-order chi connectivity index (χ0) is 58.9. The number of ether oxygens (including phenoxy) is 9. The van der Waals surface area contributed by atoms with Crippen LogP contribution in [0, 0.1) is 17.8 Å². The Morgan fingerprint density at radius 1 is 0.425 bits per heavy atom. The van der Waals surface area contributed by atoms with E-state index in [1.165, 1.54) is 0 Å². The minimum Gasteiger partial charge on any atom is -0.394 e. The van der Waals surface area contributed by atoms with Crippen molar-refractivity contribution in [2.45, 2.75) is 216 Å². The number of aliphatic hydroxyl groups excluding tert-OH is 9. The minimum absolute atomic E-state index is 0.0551. The van der Waals surface area contributed by atoms with Crippen molar-refractivity contribution >= 4 is 17.7 Å². The van der Waals surface area contributed by atoms with Gasteiger partial charge in [-0.3, -0.25) is 14.4 Å². The third-order valence-corrected chi connectivity index (χ3v) is 14.7. The zero-order valence-electron chi connectivity index (χ0n) is 48.4. The minimum atomic E-state index is -1.22. The molecule has 0 spiro atoms. The highest BCUT2D eigenvalue weighted by Crippen LogP contribution is 2.29. The summed E-state index contributed by atoms with van der Waals surface area (Å²) in [6.07, 6.45) is -0.214. The molecule has 80 heavy (non-hydrogen) atoms. The van der Waals surface area contributed by atoms with E-state index in [0.29, 0.717) is 39.1 Å². The SMILES string of the molecule is CC(C)NC(COCCC(=O)NCCCCCCCCCCCCOC1OC(CO)C(O)C(O)C1C)(COCCC(=O)NCCCOC1OC(CO)C(O)C(O)C1C)COCCC(=O)NCCCOC1OC(CO)C(O)C(O)C1C. The van der Waals surface area contributed by atoms with E-state index >= 15 is 0 Å². The summed E-state index contributed by atoms with van der Waals surface area (Å²) in [5.41, 5.74) is -0.914. The van der Waals surface area contributed by atoms with E-state index in [1.54, 1.807) is 20.8 Å². The van der Waals surface area contributed by atoms with Gasteiger partial charge >= 0.3 is 0 Å².